The highest BCUT2D eigenvalue weighted by Gasteiger charge is 2.07. The van der Waals surface area contributed by atoms with Gasteiger partial charge in [0.15, 0.2) is 0 Å². The molecule has 0 bridgehead atoms. The molecule has 3 aromatic rings. The zero-order chi connectivity index (χ0) is 25.7. The first-order valence-electron chi connectivity index (χ1n) is 9.98. The second-order valence-electron chi connectivity index (χ2n) is 6.69. The van der Waals surface area contributed by atoms with Crippen LogP contribution < -0.4 is 17.0 Å². The van der Waals surface area contributed by atoms with E-state index in [2.05, 4.69) is 25.9 Å². The van der Waals surface area contributed by atoms with Crippen molar-refractivity contribution in [2.24, 2.45) is 5.73 Å². The van der Waals surface area contributed by atoms with Crippen molar-refractivity contribution in [2.45, 2.75) is 25.7 Å². The third kappa shape index (κ3) is 9.99. The van der Waals surface area contributed by atoms with Crippen LogP contribution in [0.3, 0.4) is 0 Å². The topological polar surface area (TPSA) is 152 Å². The fraction of sp³-hybridized carbons (Fsp3) is 0.273. The first-order chi connectivity index (χ1) is 16.1. The molecule has 0 aliphatic rings. The predicted molar refractivity (Wildman–Crippen MR) is 141 cm³/mol. The van der Waals surface area contributed by atoms with Crippen LogP contribution in [0.15, 0.2) is 41.2 Å². The van der Waals surface area contributed by atoms with E-state index in [0.29, 0.717) is 46.0 Å². The van der Waals surface area contributed by atoms with Gasteiger partial charge in [-0.2, -0.15) is 0 Å². The van der Waals surface area contributed by atoms with Crippen LogP contribution in [0.5, 0.6) is 0 Å². The zero-order valence-corrected chi connectivity index (χ0v) is 21.8. The van der Waals surface area contributed by atoms with Gasteiger partial charge in [-0.1, -0.05) is 51.3 Å². The number of fused-ring (bicyclic) bond motifs is 1. The van der Waals surface area contributed by atoms with E-state index in [1.54, 1.807) is 30.3 Å². The Labute approximate surface area is 219 Å². The molecule has 0 radical (unpaired) electrons. The molecule has 2 aromatic carbocycles. The van der Waals surface area contributed by atoms with Crippen molar-refractivity contribution in [3.63, 3.8) is 0 Å². The summed E-state index contributed by atoms with van der Waals surface area (Å²) in [5.41, 5.74) is 11.3. The minimum Gasteiger partial charge on any atom is -0.397 e. The van der Waals surface area contributed by atoms with E-state index in [-0.39, 0.29) is 28.7 Å². The van der Waals surface area contributed by atoms with Gasteiger partial charge in [-0.3, -0.25) is 14.4 Å². The van der Waals surface area contributed by atoms with Gasteiger partial charge in [0, 0.05) is 24.8 Å². The molecule has 0 saturated heterocycles. The monoisotopic (exact) mass is 592 g/mol. The highest BCUT2D eigenvalue weighted by molar-refractivity contribution is 9.09. The molecular formula is C22H24BrCl3N4O4. The Morgan fingerprint density at radius 2 is 1.74 bits per heavy atom. The standard InChI is InChI=1S/C11H11ClN2O2.C7H7ClN2O.C4H6BrClO/c12-8-4-1-3-7-10(8)13-9(5-2-6-15)14-11(7)16;8-5-3-1-2-4(6(5)9)7(10)11;5-3-1-2-4(6)7/h1,3-4,15H,2,5-6H2,(H,13,14,16);1-3H,9H2,(H2,10,11);1-3H2. The first kappa shape index (κ1) is 29.9. The molecule has 0 aliphatic heterocycles. The van der Waals surface area contributed by atoms with Crippen LogP contribution in [0.1, 0.15) is 35.4 Å². The van der Waals surface area contributed by atoms with Crippen molar-refractivity contribution in [2.75, 3.05) is 17.7 Å². The van der Waals surface area contributed by atoms with Crippen LogP contribution in [0.2, 0.25) is 10.0 Å². The van der Waals surface area contributed by atoms with Gasteiger partial charge in [-0.25, -0.2) is 4.98 Å². The summed E-state index contributed by atoms with van der Waals surface area (Å²) in [6.07, 6.45) is 2.42. The van der Waals surface area contributed by atoms with Gasteiger partial charge in [0.05, 0.1) is 32.2 Å². The molecule has 1 amide bonds. The number of amides is 1. The van der Waals surface area contributed by atoms with Crippen molar-refractivity contribution >= 4 is 78.5 Å². The number of aliphatic hydroxyl groups excluding tert-OH is 1. The zero-order valence-electron chi connectivity index (χ0n) is 18.0. The van der Waals surface area contributed by atoms with Crippen LogP contribution in [0, 0.1) is 0 Å². The number of nitrogens with two attached hydrogens (primary N) is 2. The average Bonchev–Trinajstić information content (AvgIpc) is 2.79. The number of carbonyl (C=O) groups excluding carboxylic acids is 2. The van der Waals surface area contributed by atoms with Gasteiger partial charge in [-0.15, -0.1) is 0 Å². The van der Waals surface area contributed by atoms with E-state index in [0.717, 1.165) is 11.8 Å². The lowest BCUT2D eigenvalue weighted by atomic mass is 10.2. The van der Waals surface area contributed by atoms with Gasteiger partial charge in [0.1, 0.15) is 5.82 Å². The summed E-state index contributed by atoms with van der Waals surface area (Å²) in [7, 11) is 0. The number of rotatable bonds is 7. The molecule has 0 spiro atoms. The summed E-state index contributed by atoms with van der Waals surface area (Å²) in [5.74, 6) is -0.00958. The lowest BCUT2D eigenvalue weighted by Crippen LogP contribution is -2.13. The molecule has 12 heteroatoms. The lowest BCUT2D eigenvalue weighted by Gasteiger charge is -2.03. The predicted octanol–water partition coefficient (Wildman–Crippen LogP) is 4.45. The Balaban J connectivity index is 0.000000280. The summed E-state index contributed by atoms with van der Waals surface area (Å²) >= 11 is 19.8. The Kier molecular flexibility index (Phi) is 13.8. The minimum absolute atomic E-state index is 0.0737. The number of nitrogens with one attached hydrogen (secondary N) is 1. The van der Waals surface area contributed by atoms with E-state index in [1.165, 1.54) is 6.07 Å². The molecule has 0 unspecified atom stereocenters. The number of para-hydroxylation sites is 2. The van der Waals surface area contributed by atoms with Gasteiger partial charge >= 0.3 is 0 Å². The van der Waals surface area contributed by atoms with E-state index in [4.69, 9.17) is 51.4 Å². The SMILES string of the molecule is NC(=O)c1cccc(Cl)c1N.O=C(Cl)CCCBr.O=c1[nH]c(CCCO)nc2c(Cl)cccc12. The molecular weight excluding hydrogens is 571 g/mol. The lowest BCUT2D eigenvalue weighted by molar-refractivity contribution is -0.111. The molecule has 1 heterocycles. The second kappa shape index (κ2) is 15.7. The number of aromatic nitrogens is 2. The number of H-pyrrole nitrogens is 1. The third-order valence-electron chi connectivity index (χ3n) is 4.13. The maximum absolute atomic E-state index is 11.7. The van der Waals surface area contributed by atoms with Crippen LogP contribution in [-0.4, -0.2) is 38.2 Å². The largest absolute Gasteiger partial charge is 0.397 e. The number of hydrogen-bond donors (Lipinski definition) is 4. The number of nitrogen functional groups attached to an aromatic ring is 1. The van der Waals surface area contributed by atoms with Gasteiger partial charge in [0.25, 0.3) is 11.5 Å². The Bertz CT molecular complexity index is 1170. The van der Waals surface area contributed by atoms with Gasteiger partial charge in [-0.05, 0) is 48.7 Å². The number of alkyl halides is 1. The van der Waals surface area contributed by atoms with E-state index >= 15 is 0 Å². The minimum atomic E-state index is -0.565. The molecule has 6 N–H and O–H groups in total. The highest BCUT2D eigenvalue weighted by atomic mass is 79.9. The molecule has 34 heavy (non-hydrogen) atoms. The van der Waals surface area contributed by atoms with Crippen molar-refractivity contribution in [3.8, 4) is 0 Å². The Hall–Kier alpha value is -2.17. The summed E-state index contributed by atoms with van der Waals surface area (Å²) < 4.78 is 0. The van der Waals surface area contributed by atoms with Crippen molar-refractivity contribution < 1.29 is 14.7 Å². The molecule has 0 atom stereocenters. The Morgan fingerprint density at radius 3 is 2.26 bits per heavy atom. The molecule has 1 aromatic heterocycles. The van der Waals surface area contributed by atoms with Crippen molar-refractivity contribution in [1.29, 1.82) is 0 Å². The van der Waals surface area contributed by atoms with Crippen LogP contribution in [0.25, 0.3) is 10.9 Å². The number of aliphatic hydroxyl groups is 1. The number of halogens is 4. The van der Waals surface area contributed by atoms with Gasteiger partial charge in [0.2, 0.25) is 5.24 Å². The fourth-order valence-corrected chi connectivity index (χ4v) is 3.30. The summed E-state index contributed by atoms with van der Waals surface area (Å²) in [6.45, 7) is 0.0737. The van der Waals surface area contributed by atoms with E-state index in [1.807, 2.05) is 0 Å². The number of aryl methyl sites for hydroxylation is 1. The fourth-order valence-electron chi connectivity index (χ4n) is 2.50. The highest BCUT2D eigenvalue weighted by Crippen LogP contribution is 2.21. The molecule has 0 aliphatic carbocycles. The summed E-state index contributed by atoms with van der Waals surface area (Å²) in [4.78, 5) is 39.3. The first-order valence-corrected chi connectivity index (χ1v) is 12.2. The molecule has 184 valence electrons. The third-order valence-corrected chi connectivity index (χ3v) is 5.52. The number of anilines is 1. The number of aromatic amines is 1. The number of benzene rings is 2. The average molecular weight is 595 g/mol. The van der Waals surface area contributed by atoms with Crippen molar-refractivity contribution in [3.05, 3.63) is 68.2 Å². The number of primary amides is 1. The maximum atomic E-state index is 11.7. The maximum Gasteiger partial charge on any atom is 0.258 e. The van der Waals surface area contributed by atoms with Crippen molar-refractivity contribution in [1.82, 2.24) is 9.97 Å². The van der Waals surface area contributed by atoms with Gasteiger partial charge < -0.3 is 21.6 Å². The van der Waals surface area contributed by atoms with Crippen LogP contribution in [-0.2, 0) is 11.2 Å². The van der Waals surface area contributed by atoms with E-state index < -0.39 is 5.91 Å². The normalized spacial score (nSPS) is 10.0. The quantitative estimate of drug-likeness (QED) is 0.180. The van der Waals surface area contributed by atoms with Crippen LogP contribution >= 0.6 is 50.7 Å². The molecule has 3 rings (SSSR count). The molecule has 0 fully saturated rings. The molecule has 8 nitrogen and oxygen atoms in total. The number of carbonyl (C=O) groups is 2. The summed E-state index contributed by atoms with van der Waals surface area (Å²) in [6, 6.07) is 9.86. The Morgan fingerprint density at radius 1 is 1.09 bits per heavy atom. The van der Waals surface area contributed by atoms with Crippen LogP contribution in [0.4, 0.5) is 5.69 Å². The second-order valence-corrected chi connectivity index (χ2v) is 8.72. The summed E-state index contributed by atoms with van der Waals surface area (Å²) in [5, 5.41) is 10.6. The number of hydrogen-bond acceptors (Lipinski definition) is 6. The number of nitrogens with zero attached hydrogens (tertiary/aromatic N) is 1. The smallest absolute Gasteiger partial charge is 0.258 e. The van der Waals surface area contributed by atoms with E-state index in [9.17, 15) is 14.4 Å². The molecule has 0 saturated carbocycles.